The summed E-state index contributed by atoms with van der Waals surface area (Å²) in [7, 11) is 1.50. The Morgan fingerprint density at radius 2 is 2.16 bits per heavy atom. The number of hydrogen-bond donors (Lipinski definition) is 0. The van der Waals surface area contributed by atoms with E-state index in [1.54, 1.807) is 18.2 Å². The fraction of sp³-hybridized carbons (Fsp3) is 0.214. The molecule has 5 nitrogen and oxygen atoms in total. The molecule has 5 heteroatoms. The lowest BCUT2D eigenvalue weighted by Crippen LogP contribution is -2.07. The van der Waals surface area contributed by atoms with Crippen molar-refractivity contribution in [2.24, 2.45) is 0 Å². The quantitative estimate of drug-likeness (QED) is 0.781. The van der Waals surface area contributed by atoms with E-state index in [1.807, 2.05) is 12.1 Å². The molecule has 0 bridgehead atoms. The van der Waals surface area contributed by atoms with Crippen LogP contribution in [0, 0.1) is 0 Å². The summed E-state index contributed by atoms with van der Waals surface area (Å²) in [6.45, 7) is 0.619. The highest BCUT2D eigenvalue weighted by Gasteiger charge is 2.22. The fourth-order valence-corrected chi connectivity index (χ4v) is 2.08. The number of benzene rings is 1. The number of nitrogens with zero attached hydrogens (tertiary/aromatic N) is 2. The molecule has 96 valence electrons. The number of rotatable bonds is 3. The second-order valence-electron chi connectivity index (χ2n) is 4.18. The topological polar surface area (TPSA) is 61.3 Å². The van der Waals surface area contributed by atoms with Gasteiger partial charge < -0.3 is 9.47 Å². The van der Waals surface area contributed by atoms with Gasteiger partial charge in [0.15, 0.2) is 0 Å². The van der Waals surface area contributed by atoms with Crippen molar-refractivity contribution in [3.63, 3.8) is 0 Å². The van der Waals surface area contributed by atoms with Crippen LogP contribution in [0.1, 0.15) is 21.6 Å². The SMILES string of the molecule is COc1ccc(C(=O)c2cccc3c2OCC3)nn1. The minimum Gasteiger partial charge on any atom is -0.492 e. The van der Waals surface area contributed by atoms with Gasteiger partial charge in [-0.05, 0) is 17.7 Å². The fourth-order valence-electron chi connectivity index (χ4n) is 2.08. The van der Waals surface area contributed by atoms with Crippen molar-refractivity contribution in [2.45, 2.75) is 6.42 Å². The number of fused-ring (bicyclic) bond motifs is 1. The summed E-state index contributed by atoms with van der Waals surface area (Å²) < 4.78 is 10.4. The van der Waals surface area contributed by atoms with E-state index in [4.69, 9.17) is 9.47 Å². The highest BCUT2D eigenvalue weighted by molar-refractivity contribution is 6.09. The lowest BCUT2D eigenvalue weighted by molar-refractivity contribution is 0.103. The molecule has 2 heterocycles. The molecule has 0 saturated carbocycles. The summed E-state index contributed by atoms with van der Waals surface area (Å²) in [5.41, 5.74) is 1.88. The zero-order valence-corrected chi connectivity index (χ0v) is 10.4. The Hall–Kier alpha value is -2.43. The van der Waals surface area contributed by atoms with E-state index < -0.39 is 0 Å². The first-order valence-electron chi connectivity index (χ1n) is 5.96. The Morgan fingerprint density at radius 3 is 2.89 bits per heavy atom. The largest absolute Gasteiger partial charge is 0.492 e. The van der Waals surface area contributed by atoms with Crippen LogP contribution in [0.5, 0.6) is 11.6 Å². The molecule has 0 saturated heterocycles. The summed E-state index contributed by atoms with van der Waals surface area (Å²) in [5.74, 6) is 0.866. The Labute approximate surface area is 110 Å². The van der Waals surface area contributed by atoms with Crippen LogP contribution in [0.25, 0.3) is 0 Å². The van der Waals surface area contributed by atoms with Crippen molar-refractivity contribution < 1.29 is 14.3 Å². The van der Waals surface area contributed by atoms with Crippen molar-refractivity contribution in [2.75, 3.05) is 13.7 Å². The predicted octanol–water partition coefficient (Wildman–Crippen LogP) is 1.65. The van der Waals surface area contributed by atoms with Crippen LogP contribution in [-0.4, -0.2) is 29.7 Å². The molecule has 0 spiro atoms. The van der Waals surface area contributed by atoms with E-state index in [1.165, 1.54) is 7.11 Å². The summed E-state index contributed by atoms with van der Waals surface area (Å²) in [4.78, 5) is 12.4. The average molecular weight is 256 g/mol. The first kappa shape index (κ1) is 11.6. The van der Waals surface area contributed by atoms with Crippen molar-refractivity contribution in [3.8, 4) is 11.6 Å². The third-order valence-electron chi connectivity index (χ3n) is 3.04. The predicted molar refractivity (Wildman–Crippen MR) is 67.7 cm³/mol. The normalized spacial score (nSPS) is 12.7. The van der Waals surface area contributed by atoms with Crippen LogP contribution in [0.4, 0.5) is 0 Å². The molecular formula is C14H12N2O3. The van der Waals surface area contributed by atoms with Crippen LogP contribution < -0.4 is 9.47 Å². The zero-order valence-electron chi connectivity index (χ0n) is 10.4. The molecule has 2 aromatic rings. The molecule has 3 rings (SSSR count). The second-order valence-corrected chi connectivity index (χ2v) is 4.18. The number of hydrogen-bond acceptors (Lipinski definition) is 5. The van der Waals surface area contributed by atoms with Gasteiger partial charge in [-0.15, -0.1) is 10.2 Å². The van der Waals surface area contributed by atoms with Gasteiger partial charge in [-0.1, -0.05) is 12.1 Å². The van der Waals surface area contributed by atoms with Gasteiger partial charge in [-0.2, -0.15) is 0 Å². The lowest BCUT2D eigenvalue weighted by atomic mass is 10.0. The van der Waals surface area contributed by atoms with Crippen LogP contribution in [0.2, 0.25) is 0 Å². The molecule has 0 N–H and O–H groups in total. The van der Waals surface area contributed by atoms with Crippen LogP contribution in [-0.2, 0) is 6.42 Å². The van der Waals surface area contributed by atoms with Gasteiger partial charge in [0, 0.05) is 12.5 Å². The number of para-hydroxylation sites is 1. The third-order valence-corrected chi connectivity index (χ3v) is 3.04. The van der Waals surface area contributed by atoms with Gasteiger partial charge in [0.2, 0.25) is 11.7 Å². The van der Waals surface area contributed by atoms with E-state index in [2.05, 4.69) is 10.2 Å². The van der Waals surface area contributed by atoms with Gasteiger partial charge in [-0.3, -0.25) is 4.79 Å². The first-order valence-corrected chi connectivity index (χ1v) is 5.96. The number of ether oxygens (including phenoxy) is 2. The standard InChI is InChI=1S/C14H12N2O3/c1-18-12-6-5-11(15-16-12)13(17)10-4-2-3-9-7-8-19-14(9)10/h2-6H,7-8H2,1H3. The van der Waals surface area contributed by atoms with Crippen LogP contribution in [0.15, 0.2) is 30.3 Å². The highest BCUT2D eigenvalue weighted by Crippen LogP contribution is 2.30. The molecular weight excluding hydrogens is 244 g/mol. The van der Waals surface area contributed by atoms with Gasteiger partial charge in [0.1, 0.15) is 11.4 Å². The summed E-state index contributed by atoms with van der Waals surface area (Å²) in [6.07, 6.45) is 0.838. The van der Waals surface area contributed by atoms with Gasteiger partial charge in [0.05, 0.1) is 19.3 Å². The molecule has 0 fully saturated rings. The second kappa shape index (κ2) is 4.68. The van der Waals surface area contributed by atoms with E-state index in [-0.39, 0.29) is 11.5 Å². The van der Waals surface area contributed by atoms with E-state index in [0.29, 0.717) is 23.8 Å². The molecule has 19 heavy (non-hydrogen) atoms. The summed E-state index contributed by atoms with van der Waals surface area (Å²) in [5, 5.41) is 7.67. The monoisotopic (exact) mass is 256 g/mol. The van der Waals surface area contributed by atoms with Crippen LogP contribution in [0.3, 0.4) is 0 Å². The number of aromatic nitrogens is 2. The molecule has 1 aromatic heterocycles. The minimum absolute atomic E-state index is 0.186. The number of carbonyl (C=O) groups excluding carboxylic acids is 1. The van der Waals surface area contributed by atoms with E-state index in [9.17, 15) is 4.79 Å². The molecule has 0 radical (unpaired) electrons. The Bertz CT molecular complexity index is 623. The molecule has 0 unspecified atom stereocenters. The van der Waals surface area contributed by atoms with Crippen molar-refractivity contribution >= 4 is 5.78 Å². The van der Waals surface area contributed by atoms with Gasteiger partial charge in [0.25, 0.3) is 0 Å². The third kappa shape index (κ3) is 2.03. The van der Waals surface area contributed by atoms with Crippen molar-refractivity contribution in [1.82, 2.24) is 10.2 Å². The van der Waals surface area contributed by atoms with Crippen molar-refractivity contribution in [1.29, 1.82) is 0 Å². The van der Waals surface area contributed by atoms with E-state index in [0.717, 1.165) is 12.0 Å². The lowest BCUT2D eigenvalue weighted by Gasteiger charge is -2.06. The summed E-state index contributed by atoms with van der Waals surface area (Å²) >= 11 is 0. The molecule has 0 amide bonds. The molecule has 0 aliphatic carbocycles. The number of ketones is 1. The maximum atomic E-state index is 12.4. The van der Waals surface area contributed by atoms with Gasteiger partial charge in [-0.25, -0.2) is 0 Å². The maximum absolute atomic E-state index is 12.4. The smallest absolute Gasteiger partial charge is 0.233 e. The number of carbonyl (C=O) groups is 1. The van der Waals surface area contributed by atoms with Gasteiger partial charge >= 0.3 is 0 Å². The zero-order chi connectivity index (χ0) is 13.2. The Kier molecular flexibility index (Phi) is 2.87. The average Bonchev–Trinajstić information content (AvgIpc) is 2.95. The van der Waals surface area contributed by atoms with Crippen molar-refractivity contribution in [3.05, 3.63) is 47.2 Å². The molecule has 0 atom stereocenters. The van der Waals surface area contributed by atoms with Crippen LogP contribution >= 0.6 is 0 Å². The maximum Gasteiger partial charge on any atom is 0.233 e. The molecule has 1 aliphatic rings. The molecule has 1 aliphatic heterocycles. The summed E-state index contributed by atoms with van der Waals surface area (Å²) in [6, 6.07) is 8.79. The first-order chi connectivity index (χ1) is 9.29. The van der Waals surface area contributed by atoms with E-state index >= 15 is 0 Å². The minimum atomic E-state index is -0.186. The molecule has 1 aromatic carbocycles. The Morgan fingerprint density at radius 1 is 1.26 bits per heavy atom. The Balaban J connectivity index is 1.97. The number of methoxy groups -OCH3 is 1. The highest BCUT2D eigenvalue weighted by atomic mass is 16.5.